The molecule has 0 fully saturated rings. The van der Waals surface area contributed by atoms with E-state index in [0.29, 0.717) is 0 Å². The van der Waals surface area contributed by atoms with Gasteiger partial charge >= 0.3 is 0 Å². The van der Waals surface area contributed by atoms with Crippen LogP contribution in [-0.2, 0) is 4.52 Å². The molecule has 0 aromatic rings. The molecule has 0 aliphatic heterocycles. The van der Waals surface area contributed by atoms with Crippen molar-refractivity contribution in [2.24, 2.45) is 0 Å². The highest BCUT2D eigenvalue weighted by molar-refractivity contribution is 7.45. The lowest BCUT2D eigenvalue weighted by Crippen LogP contribution is -1.95. The maximum absolute atomic E-state index is 8.60. The maximum atomic E-state index is 8.60. The largest absolute Gasteiger partial charge is 0.256 e. The Morgan fingerprint density at radius 3 is 2.00 bits per heavy atom. The second kappa shape index (κ2) is 3.36. The first kappa shape index (κ1) is 7.35. The molecule has 44 valence electrons. The molecule has 0 bridgehead atoms. The van der Waals surface area contributed by atoms with Crippen molar-refractivity contribution >= 4 is 8.38 Å². The smallest absolute Gasteiger partial charge is 0.223 e. The topological polar surface area (TPSA) is 29.5 Å². The summed E-state index contributed by atoms with van der Waals surface area (Å²) in [5.41, 5.74) is 0. The van der Waals surface area contributed by atoms with Crippen LogP contribution in [0.1, 0.15) is 13.8 Å². The molecule has 0 radical (unpaired) electrons. The van der Waals surface area contributed by atoms with E-state index in [4.69, 9.17) is 9.42 Å². The standard InChI is InChI=1S/C4H11O2P/c1-4(2)6-7(3)5/h4-5H,1-3H3/p+1. The average Bonchev–Trinajstić information content (AvgIpc) is 1.27. The van der Waals surface area contributed by atoms with Crippen LogP contribution in [0.25, 0.3) is 0 Å². The summed E-state index contributed by atoms with van der Waals surface area (Å²) in [5, 5.41) is 0. The predicted octanol–water partition coefficient (Wildman–Crippen LogP) is 1.08. The van der Waals surface area contributed by atoms with Crippen molar-refractivity contribution in [3.63, 3.8) is 0 Å². The molecule has 0 aromatic carbocycles. The molecule has 2 nitrogen and oxygen atoms in total. The Bertz CT molecular complexity index is 39.0. The molecule has 0 aromatic heterocycles. The molecule has 0 aliphatic carbocycles. The van der Waals surface area contributed by atoms with Crippen molar-refractivity contribution in [2.75, 3.05) is 6.66 Å². The second-order valence-electron chi connectivity index (χ2n) is 1.69. The first-order valence-electron chi connectivity index (χ1n) is 2.32. The van der Waals surface area contributed by atoms with E-state index in [9.17, 15) is 0 Å². The Hall–Kier alpha value is 0.350. The van der Waals surface area contributed by atoms with Gasteiger partial charge in [0.15, 0.2) is 0 Å². The Labute approximate surface area is 45.4 Å². The molecule has 0 spiro atoms. The minimum Gasteiger partial charge on any atom is -0.223 e. The first-order valence-corrected chi connectivity index (χ1v) is 4.17. The van der Waals surface area contributed by atoms with E-state index in [-0.39, 0.29) is 6.10 Å². The molecular weight excluding hydrogens is 111 g/mol. The van der Waals surface area contributed by atoms with Crippen LogP contribution in [0.4, 0.5) is 0 Å². The summed E-state index contributed by atoms with van der Waals surface area (Å²) in [7, 11) is -1.43. The van der Waals surface area contributed by atoms with Crippen molar-refractivity contribution in [3.8, 4) is 0 Å². The van der Waals surface area contributed by atoms with E-state index in [0.717, 1.165) is 0 Å². The van der Waals surface area contributed by atoms with E-state index in [2.05, 4.69) is 0 Å². The van der Waals surface area contributed by atoms with Gasteiger partial charge in [0.1, 0.15) is 0 Å². The summed E-state index contributed by atoms with van der Waals surface area (Å²) in [6.45, 7) is 5.51. The van der Waals surface area contributed by atoms with Gasteiger partial charge in [-0.05, 0) is 13.8 Å². The summed E-state index contributed by atoms with van der Waals surface area (Å²) in [4.78, 5) is 8.60. The molecule has 1 atom stereocenters. The molecule has 1 unspecified atom stereocenters. The summed E-state index contributed by atoms with van der Waals surface area (Å²) in [5.74, 6) is 0. The van der Waals surface area contributed by atoms with Gasteiger partial charge in [-0.15, -0.1) is 0 Å². The van der Waals surface area contributed by atoms with Gasteiger partial charge in [-0.2, -0.15) is 0 Å². The zero-order chi connectivity index (χ0) is 5.86. The monoisotopic (exact) mass is 123 g/mol. The van der Waals surface area contributed by atoms with E-state index < -0.39 is 8.38 Å². The molecule has 0 amide bonds. The van der Waals surface area contributed by atoms with Crippen molar-refractivity contribution in [3.05, 3.63) is 0 Å². The fourth-order valence-electron chi connectivity index (χ4n) is 0.341. The lowest BCUT2D eigenvalue weighted by molar-refractivity contribution is 0.244. The van der Waals surface area contributed by atoms with Crippen LogP contribution in [-0.4, -0.2) is 17.7 Å². The molecule has 7 heavy (non-hydrogen) atoms. The Morgan fingerprint density at radius 1 is 1.57 bits per heavy atom. The van der Waals surface area contributed by atoms with Gasteiger partial charge in [0.25, 0.3) is 8.38 Å². The lowest BCUT2D eigenvalue weighted by Gasteiger charge is -1.98. The average molecular weight is 123 g/mol. The Balaban J connectivity index is 2.95. The van der Waals surface area contributed by atoms with Crippen LogP contribution >= 0.6 is 8.38 Å². The van der Waals surface area contributed by atoms with Gasteiger partial charge in [-0.25, -0.2) is 9.42 Å². The van der Waals surface area contributed by atoms with Crippen LogP contribution < -0.4 is 0 Å². The lowest BCUT2D eigenvalue weighted by atomic mass is 10.5. The highest BCUT2D eigenvalue weighted by Gasteiger charge is 2.04. The Kier molecular flexibility index (Phi) is 3.53. The van der Waals surface area contributed by atoms with Crippen LogP contribution in [0.5, 0.6) is 0 Å². The first-order chi connectivity index (χ1) is 3.13. The van der Waals surface area contributed by atoms with E-state index >= 15 is 0 Å². The third-order valence-corrected chi connectivity index (χ3v) is 1.22. The van der Waals surface area contributed by atoms with Gasteiger partial charge in [0, 0.05) is 0 Å². The fraction of sp³-hybridized carbons (Fsp3) is 1.00. The predicted molar refractivity (Wildman–Crippen MR) is 32.7 cm³/mol. The van der Waals surface area contributed by atoms with Crippen LogP contribution in [0.3, 0.4) is 0 Å². The quantitative estimate of drug-likeness (QED) is 0.556. The molecule has 0 saturated carbocycles. The molecule has 0 aliphatic rings. The van der Waals surface area contributed by atoms with Crippen LogP contribution in [0, 0.1) is 0 Å². The van der Waals surface area contributed by atoms with Crippen molar-refractivity contribution in [2.45, 2.75) is 20.0 Å². The third kappa shape index (κ3) is 6.35. The zero-order valence-electron chi connectivity index (χ0n) is 4.93. The highest BCUT2D eigenvalue weighted by atomic mass is 31.2. The van der Waals surface area contributed by atoms with Crippen molar-refractivity contribution < 1.29 is 9.42 Å². The molecule has 0 heterocycles. The minimum atomic E-state index is -1.43. The Morgan fingerprint density at radius 2 is 2.00 bits per heavy atom. The normalized spacial score (nSPS) is 15.0. The van der Waals surface area contributed by atoms with E-state index in [1.165, 1.54) is 0 Å². The van der Waals surface area contributed by atoms with E-state index in [1.54, 1.807) is 6.66 Å². The SMILES string of the molecule is CC(C)O[PH+](C)O. The number of rotatable bonds is 2. The molecule has 0 rings (SSSR count). The number of hydrogen-bond acceptors (Lipinski definition) is 2. The minimum absolute atomic E-state index is 0.170. The van der Waals surface area contributed by atoms with Gasteiger partial charge in [-0.1, -0.05) is 0 Å². The van der Waals surface area contributed by atoms with Gasteiger partial charge in [0.2, 0.25) is 0 Å². The summed E-state index contributed by atoms with van der Waals surface area (Å²) >= 11 is 0. The fourth-order valence-corrected chi connectivity index (χ4v) is 1.02. The van der Waals surface area contributed by atoms with Crippen LogP contribution in [0.15, 0.2) is 0 Å². The summed E-state index contributed by atoms with van der Waals surface area (Å²) < 4.78 is 4.91. The zero-order valence-corrected chi connectivity index (χ0v) is 5.93. The summed E-state index contributed by atoms with van der Waals surface area (Å²) in [6.07, 6.45) is 0.170. The van der Waals surface area contributed by atoms with Gasteiger partial charge < -0.3 is 0 Å². The molecule has 1 N–H and O–H groups in total. The van der Waals surface area contributed by atoms with Crippen LogP contribution in [0.2, 0.25) is 0 Å². The van der Waals surface area contributed by atoms with Gasteiger partial charge in [0.05, 0.1) is 12.8 Å². The number of hydrogen-bond donors (Lipinski definition) is 1. The van der Waals surface area contributed by atoms with E-state index in [1.807, 2.05) is 13.8 Å². The molecule has 3 heteroatoms. The molecule has 0 saturated heterocycles. The third-order valence-electron chi connectivity index (χ3n) is 0.406. The van der Waals surface area contributed by atoms with Gasteiger partial charge in [-0.3, -0.25) is 0 Å². The maximum Gasteiger partial charge on any atom is 0.256 e. The highest BCUT2D eigenvalue weighted by Crippen LogP contribution is 2.26. The van der Waals surface area contributed by atoms with Crippen molar-refractivity contribution in [1.82, 2.24) is 0 Å². The second-order valence-corrected chi connectivity index (χ2v) is 2.96. The summed E-state index contributed by atoms with van der Waals surface area (Å²) in [6, 6.07) is 0. The molecular formula is C4H12O2P+. The van der Waals surface area contributed by atoms with Crippen molar-refractivity contribution in [1.29, 1.82) is 0 Å².